The predicted molar refractivity (Wildman–Crippen MR) is 107 cm³/mol. The van der Waals surface area contributed by atoms with E-state index >= 15 is 0 Å². The van der Waals surface area contributed by atoms with E-state index in [4.69, 9.17) is 22.7 Å². The summed E-state index contributed by atoms with van der Waals surface area (Å²) in [6.45, 7) is 3.38. The average molecular weight is 377 g/mol. The largest absolute Gasteiger partial charge is 0.495 e. The monoisotopic (exact) mass is 376 g/mol. The van der Waals surface area contributed by atoms with Gasteiger partial charge in [-0.1, -0.05) is 18.6 Å². The van der Waals surface area contributed by atoms with Gasteiger partial charge in [-0.25, -0.2) is 0 Å². The molecule has 0 aromatic heterocycles. The Bertz CT molecular complexity index is 653. The fourth-order valence-electron chi connectivity index (χ4n) is 4.06. The molecule has 2 aliphatic heterocycles. The van der Waals surface area contributed by atoms with Crippen LogP contribution in [-0.2, 0) is 4.79 Å². The van der Waals surface area contributed by atoms with Gasteiger partial charge < -0.3 is 20.7 Å². The molecule has 7 heteroatoms. The molecule has 142 valence electrons. The number of methoxy groups -OCH3 is 1. The Morgan fingerprint density at radius 3 is 2.42 bits per heavy atom. The Balaban J connectivity index is 1.64. The molecule has 1 aromatic rings. The van der Waals surface area contributed by atoms with Crippen molar-refractivity contribution in [3.8, 4) is 5.75 Å². The minimum absolute atomic E-state index is 0.192. The number of likely N-dealkylation sites (tertiary alicyclic amines) is 2. The fraction of sp³-hybridized carbons (Fsp3) is 0.579. The zero-order valence-electron chi connectivity index (χ0n) is 15.4. The van der Waals surface area contributed by atoms with Crippen molar-refractivity contribution in [3.05, 3.63) is 24.3 Å². The maximum atomic E-state index is 12.3. The van der Waals surface area contributed by atoms with E-state index in [1.54, 1.807) is 7.11 Å². The van der Waals surface area contributed by atoms with E-state index in [1.807, 2.05) is 24.3 Å². The van der Waals surface area contributed by atoms with Crippen LogP contribution < -0.4 is 15.8 Å². The lowest BCUT2D eigenvalue weighted by Gasteiger charge is -2.48. The Hall–Kier alpha value is -1.86. The highest BCUT2D eigenvalue weighted by Crippen LogP contribution is 2.32. The number of carbonyl (C=O) groups excluding carboxylic acids is 1. The van der Waals surface area contributed by atoms with Crippen LogP contribution in [-0.4, -0.2) is 59.6 Å². The van der Waals surface area contributed by atoms with Gasteiger partial charge in [0, 0.05) is 13.1 Å². The van der Waals surface area contributed by atoms with Gasteiger partial charge in [0.15, 0.2) is 5.11 Å². The minimum atomic E-state index is -0.517. The van der Waals surface area contributed by atoms with E-state index in [9.17, 15) is 4.79 Å². The topological polar surface area (TPSA) is 70.8 Å². The normalized spacial score (nSPS) is 20.4. The molecule has 0 spiro atoms. The number of primary amides is 1. The number of para-hydroxylation sites is 2. The highest BCUT2D eigenvalue weighted by molar-refractivity contribution is 7.80. The molecule has 0 atom stereocenters. The molecular weight excluding hydrogens is 348 g/mol. The molecule has 6 nitrogen and oxygen atoms in total. The number of hydrogen-bond acceptors (Lipinski definition) is 4. The molecule has 2 saturated heterocycles. The number of amides is 1. The molecule has 3 N–H and O–H groups in total. The number of hydrogen-bond donors (Lipinski definition) is 2. The summed E-state index contributed by atoms with van der Waals surface area (Å²) in [6.07, 6.45) is 4.97. The number of benzene rings is 1. The van der Waals surface area contributed by atoms with Gasteiger partial charge in [0.05, 0.1) is 12.8 Å². The number of nitrogens with two attached hydrogens (primary N) is 1. The van der Waals surface area contributed by atoms with Crippen molar-refractivity contribution in [1.82, 2.24) is 9.80 Å². The van der Waals surface area contributed by atoms with Crippen LogP contribution in [0.25, 0.3) is 0 Å². The SMILES string of the molecule is COc1ccccc1NC(=S)N1CCC(C(N)=O)(N2CCCCC2)CC1. The van der Waals surface area contributed by atoms with Gasteiger partial charge in [0.1, 0.15) is 11.3 Å². The minimum Gasteiger partial charge on any atom is -0.495 e. The average Bonchev–Trinajstić information content (AvgIpc) is 2.69. The second-order valence-electron chi connectivity index (χ2n) is 7.06. The van der Waals surface area contributed by atoms with Crippen molar-refractivity contribution < 1.29 is 9.53 Å². The molecule has 1 aromatic carbocycles. The van der Waals surface area contributed by atoms with E-state index in [1.165, 1.54) is 6.42 Å². The van der Waals surface area contributed by atoms with Crippen LogP contribution in [0.1, 0.15) is 32.1 Å². The van der Waals surface area contributed by atoms with E-state index in [-0.39, 0.29) is 5.91 Å². The molecule has 2 aliphatic rings. The summed E-state index contributed by atoms with van der Waals surface area (Å²) < 4.78 is 5.37. The summed E-state index contributed by atoms with van der Waals surface area (Å²) in [4.78, 5) is 16.8. The molecule has 2 fully saturated rings. The summed E-state index contributed by atoms with van der Waals surface area (Å²) in [5, 5.41) is 3.93. The lowest BCUT2D eigenvalue weighted by atomic mass is 9.83. The number of thiocarbonyl (C=S) groups is 1. The third-order valence-electron chi connectivity index (χ3n) is 5.65. The standard InChI is InChI=1S/C19H28N4O2S/c1-25-16-8-4-3-7-15(16)21-18(26)22-13-9-19(10-14-22,17(20)24)23-11-5-2-6-12-23/h3-4,7-8H,2,5-6,9-14H2,1H3,(H2,20,24)(H,21,26). The molecule has 0 bridgehead atoms. The van der Waals surface area contributed by atoms with Crippen molar-refractivity contribution in [3.63, 3.8) is 0 Å². The number of ether oxygens (including phenoxy) is 1. The Morgan fingerprint density at radius 2 is 1.81 bits per heavy atom. The summed E-state index contributed by atoms with van der Waals surface area (Å²) >= 11 is 5.59. The molecule has 26 heavy (non-hydrogen) atoms. The van der Waals surface area contributed by atoms with Crippen LogP contribution in [0.5, 0.6) is 5.75 Å². The van der Waals surface area contributed by atoms with Crippen molar-refractivity contribution in [1.29, 1.82) is 0 Å². The molecule has 0 unspecified atom stereocenters. The number of piperidine rings is 2. The third-order valence-corrected chi connectivity index (χ3v) is 6.01. The maximum absolute atomic E-state index is 12.3. The number of anilines is 1. The van der Waals surface area contributed by atoms with Crippen molar-refractivity contribution in [2.24, 2.45) is 5.73 Å². The lowest BCUT2D eigenvalue weighted by Crippen LogP contribution is -2.64. The second-order valence-corrected chi connectivity index (χ2v) is 7.45. The Morgan fingerprint density at radius 1 is 1.15 bits per heavy atom. The first kappa shape index (κ1) is 18.9. The highest BCUT2D eigenvalue weighted by atomic mass is 32.1. The van der Waals surface area contributed by atoms with Crippen LogP contribution in [0.4, 0.5) is 5.69 Å². The molecule has 3 rings (SSSR count). The van der Waals surface area contributed by atoms with Gasteiger partial charge in [0.2, 0.25) is 5.91 Å². The number of rotatable bonds is 4. The number of carbonyl (C=O) groups is 1. The van der Waals surface area contributed by atoms with Crippen molar-refractivity contribution >= 4 is 28.9 Å². The van der Waals surface area contributed by atoms with Crippen LogP contribution in [0.15, 0.2) is 24.3 Å². The molecule has 0 aliphatic carbocycles. The number of nitrogens with zero attached hydrogens (tertiary/aromatic N) is 2. The summed E-state index contributed by atoms with van der Waals surface area (Å²) in [6, 6.07) is 7.71. The van der Waals surface area contributed by atoms with E-state index in [0.29, 0.717) is 5.11 Å². The molecule has 1 amide bonds. The summed E-state index contributed by atoms with van der Waals surface area (Å²) in [5.41, 5.74) is 6.18. The van der Waals surface area contributed by atoms with Gasteiger partial charge in [0.25, 0.3) is 0 Å². The summed E-state index contributed by atoms with van der Waals surface area (Å²) in [7, 11) is 1.64. The fourth-order valence-corrected chi connectivity index (χ4v) is 4.35. The van der Waals surface area contributed by atoms with Gasteiger partial charge >= 0.3 is 0 Å². The highest BCUT2D eigenvalue weighted by Gasteiger charge is 2.45. The first-order valence-corrected chi connectivity index (χ1v) is 9.71. The van der Waals surface area contributed by atoms with Gasteiger partial charge in [-0.2, -0.15) is 0 Å². The first-order valence-electron chi connectivity index (χ1n) is 9.31. The Labute approximate surface area is 160 Å². The van der Waals surface area contributed by atoms with Crippen LogP contribution in [0, 0.1) is 0 Å². The van der Waals surface area contributed by atoms with Gasteiger partial charge in [-0.05, 0) is 63.1 Å². The zero-order valence-corrected chi connectivity index (χ0v) is 16.2. The third kappa shape index (κ3) is 3.78. The molecule has 2 heterocycles. The van der Waals surface area contributed by atoms with Crippen molar-refractivity contribution in [2.75, 3.05) is 38.6 Å². The van der Waals surface area contributed by atoms with E-state index in [2.05, 4.69) is 15.1 Å². The molecule has 0 saturated carbocycles. The second kappa shape index (κ2) is 8.22. The quantitative estimate of drug-likeness (QED) is 0.785. The van der Waals surface area contributed by atoms with Gasteiger partial charge in [-0.15, -0.1) is 0 Å². The molecule has 0 radical (unpaired) electrons. The Kier molecular flexibility index (Phi) is 5.98. The van der Waals surface area contributed by atoms with Crippen LogP contribution in [0.2, 0.25) is 0 Å². The first-order chi connectivity index (χ1) is 12.6. The predicted octanol–water partition coefficient (Wildman–Crippen LogP) is 2.20. The zero-order chi connectivity index (χ0) is 18.6. The van der Waals surface area contributed by atoms with Crippen LogP contribution in [0.3, 0.4) is 0 Å². The number of nitrogens with one attached hydrogen (secondary N) is 1. The molecular formula is C19H28N4O2S. The van der Waals surface area contributed by atoms with E-state index < -0.39 is 5.54 Å². The van der Waals surface area contributed by atoms with Crippen LogP contribution >= 0.6 is 12.2 Å². The van der Waals surface area contributed by atoms with Crippen molar-refractivity contribution in [2.45, 2.75) is 37.6 Å². The summed E-state index contributed by atoms with van der Waals surface area (Å²) in [5.74, 6) is 0.564. The lowest BCUT2D eigenvalue weighted by molar-refractivity contribution is -0.134. The van der Waals surface area contributed by atoms with Gasteiger partial charge in [-0.3, -0.25) is 9.69 Å². The smallest absolute Gasteiger partial charge is 0.238 e. The maximum Gasteiger partial charge on any atom is 0.238 e. The van der Waals surface area contributed by atoms with E-state index in [0.717, 1.165) is 63.3 Å².